The van der Waals surface area contributed by atoms with E-state index in [0.717, 1.165) is 0 Å². The molecule has 0 saturated carbocycles. The quantitative estimate of drug-likeness (QED) is 0.427. The smallest absolute Gasteiger partial charge is 0.110 e. The van der Waals surface area contributed by atoms with Crippen molar-refractivity contribution in [2.24, 2.45) is 0 Å². The molecule has 0 N–H and O–H groups in total. The van der Waals surface area contributed by atoms with E-state index in [1.807, 2.05) is 0 Å². The van der Waals surface area contributed by atoms with Crippen molar-refractivity contribution < 1.29 is 0 Å². The zero-order valence-corrected chi connectivity index (χ0v) is 16.8. The predicted molar refractivity (Wildman–Crippen MR) is 119 cm³/mol. The van der Waals surface area contributed by atoms with E-state index in [1.54, 1.807) is 0 Å². The Hall–Kier alpha value is -3.20. The number of hydrogen-bond acceptors (Lipinski definition) is 2. The molecule has 4 aromatic rings. The first-order chi connectivity index (χ1) is 13.5. The normalized spacial score (nSPS) is 15.9. The first-order valence-corrected chi connectivity index (χ1v) is 9.79. The lowest BCUT2D eigenvalue weighted by molar-refractivity contribution is 0.253. The summed E-state index contributed by atoms with van der Waals surface area (Å²) in [6.45, 7) is 6.74. The van der Waals surface area contributed by atoms with Gasteiger partial charge in [0, 0.05) is 35.9 Å². The maximum atomic E-state index is 2.41. The molecule has 0 spiro atoms. The Bertz CT molecular complexity index is 1210. The van der Waals surface area contributed by atoms with Crippen molar-refractivity contribution in [1.29, 1.82) is 0 Å². The number of rotatable bonds is 2. The van der Waals surface area contributed by atoms with Gasteiger partial charge in [0.25, 0.3) is 0 Å². The van der Waals surface area contributed by atoms with Crippen LogP contribution in [0.2, 0.25) is 0 Å². The molecule has 0 atom stereocenters. The van der Waals surface area contributed by atoms with Gasteiger partial charge in [-0.1, -0.05) is 48.5 Å². The fourth-order valence-electron chi connectivity index (χ4n) is 4.34. The van der Waals surface area contributed by atoms with Crippen molar-refractivity contribution in [3.63, 3.8) is 0 Å². The Kier molecular flexibility index (Phi) is 3.57. The number of benzene rings is 3. The summed E-state index contributed by atoms with van der Waals surface area (Å²) >= 11 is 0. The molecule has 140 valence electrons. The Balaban J connectivity index is 1.95. The third kappa shape index (κ3) is 2.22. The molecule has 0 fully saturated rings. The second kappa shape index (κ2) is 5.90. The van der Waals surface area contributed by atoms with Gasteiger partial charge in [0.2, 0.25) is 0 Å². The highest BCUT2D eigenvalue weighted by Crippen LogP contribution is 2.43. The summed E-state index contributed by atoms with van der Waals surface area (Å²) in [5.41, 5.74) is 6.11. The van der Waals surface area contributed by atoms with Gasteiger partial charge in [-0.3, -0.25) is 0 Å². The van der Waals surface area contributed by atoms with Crippen molar-refractivity contribution in [2.75, 3.05) is 11.9 Å². The van der Waals surface area contributed by atoms with Gasteiger partial charge in [0.1, 0.15) is 5.66 Å². The highest BCUT2D eigenvalue weighted by molar-refractivity contribution is 6.14. The third-order valence-corrected chi connectivity index (χ3v) is 6.16. The van der Waals surface area contributed by atoms with Crippen LogP contribution in [-0.2, 0) is 0 Å². The summed E-state index contributed by atoms with van der Waals surface area (Å²) in [5, 5.41) is 2.58. The molecule has 3 nitrogen and oxygen atoms in total. The van der Waals surface area contributed by atoms with Crippen LogP contribution in [0.4, 0.5) is 5.69 Å². The molecule has 0 unspecified atom stereocenters. The Morgan fingerprint density at radius 2 is 1.46 bits per heavy atom. The van der Waals surface area contributed by atoms with E-state index in [-0.39, 0.29) is 5.66 Å². The van der Waals surface area contributed by atoms with E-state index in [0.29, 0.717) is 0 Å². The van der Waals surface area contributed by atoms with Crippen LogP contribution < -0.4 is 4.90 Å². The van der Waals surface area contributed by atoms with Crippen LogP contribution in [0.5, 0.6) is 0 Å². The number of fused-ring (bicyclic) bond motifs is 3. The molecular formula is C25H25N3. The third-order valence-electron chi connectivity index (χ3n) is 6.16. The molecule has 5 rings (SSSR count). The molecule has 1 aromatic heterocycles. The fraction of sp³-hybridized carbons (Fsp3) is 0.200. The van der Waals surface area contributed by atoms with E-state index < -0.39 is 0 Å². The number of aromatic nitrogens is 1. The minimum atomic E-state index is -0.128. The monoisotopic (exact) mass is 367 g/mol. The van der Waals surface area contributed by atoms with Crippen LogP contribution in [0, 0.1) is 6.92 Å². The van der Waals surface area contributed by atoms with Gasteiger partial charge in [-0.2, -0.15) is 0 Å². The summed E-state index contributed by atoms with van der Waals surface area (Å²) in [4.78, 5) is 4.67. The average molecular weight is 367 g/mol. The second-order valence-corrected chi connectivity index (χ2v) is 8.09. The molecule has 1 aliphatic rings. The van der Waals surface area contributed by atoms with Gasteiger partial charge in [0.05, 0.1) is 16.7 Å². The fourth-order valence-corrected chi connectivity index (χ4v) is 4.34. The SMILES string of the molecule is Cc1ccc2c3ccccc3n(-c3ccccc3)c2c1N1C=CN(C)C1(C)C. The van der Waals surface area contributed by atoms with Gasteiger partial charge in [-0.15, -0.1) is 0 Å². The lowest BCUT2D eigenvalue weighted by Crippen LogP contribution is -2.47. The van der Waals surface area contributed by atoms with Gasteiger partial charge < -0.3 is 14.4 Å². The standard InChI is InChI=1S/C25H25N3/c1-18-14-15-21-20-12-8-9-13-22(20)28(19-10-6-5-7-11-19)24(21)23(18)27-17-16-26(4)25(27,2)3/h5-17H,1-4H3. The Morgan fingerprint density at radius 1 is 0.750 bits per heavy atom. The molecule has 0 bridgehead atoms. The maximum Gasteiger partial charge on any atom is 0.110 e. The number of para-hydroxylation sites is 2. The van der Waals surface area contributed by atoms with Crippen LogP contribution >= 0.6 is 0 Å². The van der Waals surface area contributed by atoms with Gasteiger partial charge in [0.15, 0.2) is 0 Å². The number of anilines is 1. The van der Waals surface area contributed by atoms with Crippen LogP contribution in [0.3, 0.4) is 0 Å². The summed E-state index contributed by atoms with van der Waals surface area (Å²) in [5.74, 6) is 0. The molecule has 3 heteroatoms. The molecule has 0 saturated heterocycles. The van der Waals surface area contributed by atoms with Gasteiger partial charge >= 0.3 is 0 Å². The molecule has 1 aliphatic heterocycles. The Labute approximate surface area is 166 Å². The summed E-state index contributed by atoms with van der Waals surface area (Å²) < 4.78 is 2.41. The lowest BCUT2D eigenvalue weighted by Gasteiger charge is -2.39. The molecule has 28 heavy (non-hydrogen) atoms. The lowest BCUT2D eigenvalue weighted by atomic mass is 10.0. The van der Waals surface area contributed by atoms with Crippen molar-refractivity contribution in [1.82, 2.24) is 9.47 Å². The van der Waals surface area contributed by atoms with Crippen LogP contribution in [0.1, 0.15) is 19.4 Å². The topological polar surface area (TPSA) is 11.4 Å². The molecule has 3 aromatic carbocycles. The molecule has 0 amide bonds. The zero-order chi connectivity index (χ0) is 19.5. The largest absolute Gasteiger partial charge is 0.357 e. The Morgan fingerprint density at radius 3 is 2.18 bits per heavy atom. The van der Waals surface area contributed by atoms with Crippen molar-refractivity contribution in [3.05, 3.63) is 84.7 Å². The van der Waals surface area contributed by atoms with Gasteiger partial charge in [-0.05, 0) is 44.5 Å². The number of nitrogens with zero attached hydrogens (tertiary/aromatic N) is 3. The molecule has 0 aliphatic carbocycles. The van der Waals surface area contributed by atoms with Crippen LogP contribution in [-0.4, -0.2) is 22.2 Å². The van der Waals surface area contributed by atoms with Crippen molar-refractivity contribution in [2.45, 2.75) is 26.4 Å². The zero-order valence-electron chi connectivity index (χ0n) is 16.8. The van der Waals surface area contributed by atoms with Crippen molar-refractivity contribution >= 4 is 27.5 Å². The maximum absolute atomic E-state index is 2.41. The van der Waals surface area contributed by atoms with E-state index in [9.17, 15) is 0 Å². The van der Waals surface area contributed by atoms with E-state index in [4.69, 9.17) is 0 Å². The predicted octanol–water partition coefficient (Wildman–Crippen LogP) is 6.05. The summed E-state index contributed by atoms with van der Waals surface area (Å²) in [7, 11) is 2.14. The summed E-state index contributed by atoms with van der Waals surface area (Å²) in [6, 6.07) is 23.9. The van der Waals surface area contributed by atoms with E-state index in [1.165, 1.54) is 38.7 Å². The average Bonchev–Trinajstić information content (AvgIpc) is 3.17. The van der Waals surface area contributed by atoms with Crippen LogP contribution in [0.15, 0.2) is 79.1 Å². The van der Waals surface area contributed by atoms with Gasteiger partial charge in [-0.25, -0.2) is 0 Å². The van der Waals surface area contributed by atoms with E-state index >= 15 is 0 Å². The van der Waals surface area contributed by atoms with E-state index in [2.05, 4.69) is 121 Å². The second-order valence-electron chi connectivity index (χ2n) is 8.09. The molecular weight excluding hydrogens is 342 g/mol. The number of aryl methyl sites for hydroxylation is 1. The highest BCUT2D eigenvalue weighted by Gasteiger charge is 2.35. The minimum Gasteiger partial charge on any atom is -0.357 e. The van der Waals surface area contributed by atoms with Crippen molar-refractivity contribution in [3.8, 4) is 5.69 Å². The number of hydrogen-bond donors (Lipinski definition) is 0. The minimum absolute atomic E-state index is 0.128. The molecule has 2 heterocycles. The van der Waals surface area contributed by atoms with Crippen LogP contribution in [0.25, 0.3) is 27.5 Å². The first-order valence-electron chi connectivity index (χ1n) is 9.79. The highest BCUT2D eigenvalue weighted by atomic mass is 15.4. The summed E-state index contributed by atoms with van der Waals surface area (Å²) in [6.07, 6.45) is 4.36. The first kappa shape index (κ1) is 16.9. The molecule has 0 radical (unpaired) electrons.